The van der Waals surface area contributed by atoms with E-state index < -0.39 is 0 Å². The second kappa shape index (κ2) is 7.94. The highest BCUT2D eigenvalue weighted by Crippen LogP contribution is 2.34. The Labute approximate surface area is 176 Å². The van der Waals surface area contributed by atoms with Crippen molar-refractivity contribution in [1.82, 2.24) is 0 Å². The topological polar surface area (TPSA) is 69.7 Å². The monoisotopic (exact) mass is 405 g/mol. The van der Waals surface area contributed by atoms with Crippen molar-refractivity contribution < 1.29 is 14.4 Å². The molecule has 2 aromatic rings. The van der Waals surface area contributed by atoms with Crippen LogP contribution in [-0.2, 0) is 20.8 Å². The molecule has 2 aliphatic heterocycles. The lowest BCUT2D eigenvalue weighted by Crippen LogP contribution is -2.28. The van der Waals surface area contributed by atoms with Crippen LogP contribution in [0, 0.1) is 5.92 Å². The number of anilines is 3. The third-order valence-corrected chi connectivity index (χ3v) is 5.99. The van der Waals surface area contributed by atoms with Crippen LogP contribution in [0.25, 0.3) is 0 Å². The number of hydrogen-bond acceptors (Lipinski definition) is 3. The summed E-state index contributed by atoms with van der Waals surface area (Å²) in [6.07, 6.45) is 0.979. The predicted octanol–water partition coefficient (Wildman–Crippen LogP) is 3.71. The zero-order chi connectivity index (χ0) is 21.4. The lowest BCUT2D eigenvalue weighted by atomic mass is 10.0. The van der Waals surface area contributed by atoms with Crippen LogP contribution >= 0.6 is 0 Å². The van der Waals surface area contributed by atoms with Gasteiger partial charge in [0.25, 0.3) is 0 Å². The highest BCUT2D eigenvalue weighted by Gasteiger charge is 2.36. The number of nitrogens with one attached hydrogen (secondary N) is 1. The zero-order valence-corrected chi connectivity index (χ0v) is 17.6. The molecule has 1 atom stereocenters. The smallest absolute Gasteiger partial charge is 0.229 e. The van der Waals surface area contributed by atoms with E-state index in [0.29, 0.717) is 19.0 Å². The molecule has 2 heterocycles. The number of carbonyl (C=O) groups excluding carboxylic acids is 3. The summed E-state index contributed by atoms with van der Waals surface area (Å²) in [5.74, 6) is -0.238. The van der Waals surface area contributed by atoms with E-state index in [2.05, 4.69) is 19.2 Å². The second-order valence-corrected chi connectivity index (χ2v) is 8.37. The minimum absolute atomic E-state index is 0.0252. The van der Waals surface area contributed by atoms with Gasteiger partial charge in [0.2, 0.25) is 17.7 Å². The molecule has 0 bridgehead atoms. The van der Waals surface area contributed by atoms with Gasteiger partial charge in [-0.1, -0.05) is 32.0 Å². The normalized spacial score (nSPS) is 18.1. The quantitative estimate of drug-likeness (QED) is 0.843. The summed E-state index contributed by atoms with van der Waals surface area (Å²) in [4.78, 5) is 40.8. The molecule has 1 saturated heterocycles. The Hall–Kier alpha value is -3.15. The van der Waals surface area contributed by atoms with Crippen molar-refractivity contribution in [3.8, 4) is 0 Å². The number of benzene rings is 2. The largest absolute Gasteiger partial charge is 0.326 e. The van der Waals surface area contributed by atoms with Gasteiger partial charge in [-0.3, -0.25) is 14.4 Å². The van der Waals surface area contributed by atoms with Gasteiger partial charge < -0.3 is 15.1 Å². The molecule has 1 N–H and O–H groups in total. The summed E-state index contributed by atoms with van der Waals surface area (Å²) in [5, 5.41) is 3.02. The number of para-hydroxylation sites is 1. The maximum Gasteiger partial charge on any atom is 0.229 e. The first-order valence-corrected chi connectivity index (χ1v) is 10.5. The number of nitrogens with zero attached hydrogens (tertiary/aromatic N) is 2. The van der Waals surface area contributed by atoms with Gasteiger partial charge in [0.15, 0.2) is 0 Å². The van der Waals surface area contributed by atoms with Crippen LogP contribution in [0.5, 0.6) is 0 Å². The van der Waals surface area contributed by atoms with E-state index in [1.54, 1.807) is 16.7 Å². The average molecular weight is 405 g/mol. The molecule has 0 unspecified atom stereocenters. The summed E-state index contributed by atoms with van der Waals surface area (Å²) in [7, 11) is 0. The Bertz CT molecular complexity index is 1010. The molecular formula is C24H27N3O3. The molecule has 6 heteroatoms. The molecule has 0 aliphatic carbocycles. The maximum absolute atomic E-state index is 12.9. The van der Waals surface area contributed by atoms with E-state index in [0.717, 1.165) is 34.6 Å². The summed E-state index contributed by atoms with van der Waals surface area (Å²) in [5.41, 5.74) is 4.67. The third-order valence-electron chi connectivity index (χ3n) is 5.99. The lowest BCUT2D eigenvalue weighted by molar-refractivity contribution is -0.122. The fraction of sp³-hybridized carbons (Fsp3) is 0.375. The van der Waals surface area contributed by atoms with Gasteiger partial charge in [0, 0.05) is 43.5 Å². The molecule has 0 aromatic heterocycles. The molecule has 156 valence electrons. The van der Waals surface area contributed by atoms with Gasteiger partial charge in [0.1, 0.15) is 0 Å². The van der Waals surface area contributed by atoms with E-state index in [1.165, 1.54) is 0 Å². The molecule has 1 fully saturated rings. The summed E-state index contributed by atoms with van der Waals surface area (Å²) in [6, 6.07) is 13.5. The first-order valence-electron chi connectivity index (χ1n) is 10.5. The van der Waals surface area contributed by atoms with Crippen LogP contribution in [0.2, 0.25) is 0 Å². The van der Waals surface area contributed by atoms with Crippen LogP contribution in [-0.4, -0.2) is 30.8 Å². The molecule has 3 amide bonds. The summed E-state index contributed by atoms with van der Waals surface area (Å²) >= 11 is 0. The van der Waals surface area contributed by atoms with E-state index in [1.807, 2.05) is 42.5 Å². The van der Waals surface area contributed by atoms with E-state index in [4.69, 9.17) is 0 Å². The highest BCUT2D eigenvalue weighted by molar-refractivity contribution is 6.04. The molecule has 4 rings (SSSR count). The molecule has 6 nitrogen and oxygen atoms in total. The fourth-order valence-electron chi connectivity index (χ4n) is 4.36. The fourth-order valence-corrected chi connectivity index (χ4v) is 4.36. The molecule has 2 aliphatic rings. The van der Waals surface area contributed by atoms with Gasteiger partial charge in [-0.05, 0) is 47.7 Å². The molecule has 2 aromatic carbocycles. The molecule has 0 spiro atoms. The van der Waals surface area contributed by atoms with Gasteiger partial charge in [-0.2, -0.15) is 0 Å². The summed E-state index contributed by atoms with van der Waals surface area (Å²) < 4.78 is 0. The number of fused-ring (bicyclic) bond motifs is 1. The molecule has 0 radical (unpaired) electrons. The standard InChI is InChI=1S/C24H27N3O3/c1-15(2)20-6-4-5-7-21(20)25-24(30)18-13-23(29)27(14-18)19-8-9-22-17(12-19)10-11-26(22)16(3)28/h4-9,12,15,18H,10-11,13-14H2,1-3H3,(H,25,30)/t18-/m0/s1. The first-order chi connectivity index (χ1) is 14.3. The van der Waals surface area contributed by atoms with Crippen LogP contribution in [0.3, 0.4) is 0 Å². The second-order valence-electron chi connectivity index (χ2n) is 8.37. The molecule has 30 heavy (non-hydrogen) atoms. The van der Waals surface area contributed by atoms with Crippen LogP contribution < -0.4 is 15.1 Å². The van der Waals surface area contributed by atoms with Crippen LogP contribution in [0.1, 0.15) is 44.2 Å². The predicted molar refractivity (Wildman–Crippen MR) is 118 cm³/mol. The van der Waals surface area contributed by atoms with Crippen molar-refractivity contribution in [2.75, 3.05) is 28.2 Å². The SMILES string of the molecule is CC(=O)N1CCc2cc(N3C[C@@H](C(=O)Nc4ccccc4C(C)C)CC3=O)ccc21. The number of hydrogen-bond donors (Lipinski definition) is 1. The number of rotatable bonds is 4. The third kappa shape index (κ3) is 3.70. The zero-order valence-electron chi connectivity index (χ0n) is 17.6. The van der Waals surface area contributed by atoms with Gasteiger partial charge in [-0.25, -0.2) is 0 Å². The van der Waals surface area contributed by atoms with Crippen LogP contribution in [0.4, 0.5) is 17.1 Å². The van der Waals surface area contributed by atoms with Crippen LogP contribution in [0.15, 0.2) is 42.5 Å². The molecule has 0 saturated carbocycles. The Morgan fingerprint density at radius 1 is 1.13 bits per heavy atom. The number of amides is 3. The number of carbonyl (C=O) groups is 3. The Morgan fingerprint density at radius 3 is 2.63 bits per heavy atom. The Morgan fingerprint density at radius 2 is 1.90 bits per heavy atom. The lowest BCUT2D eigenvalue weighted by Gasteiger charge is -2.20. The minimum Gasteiger partial charge on any atom is -0.326 e. The summed E-state index contributed by atoms with van der Waals surface area (Å²) in [6.45, 7) is 6.78. The Kier molecular flexibility index (Phi) is 5.33. The minimum atomic E-state index is -0.389. The van der Waals surface area contributed by atoms with E-state index in [9.17, 15) is 14.4 Å². The first kappa shape index (κ1) is 20.1. The highest BCUT2D eigenvalue weighted by atomic mass is 16.2. The van der Waals surface area contributed by atoms with E-state index >= 15 is 0 Å². The van der Waals surface area contributed by atoms with Crippen molar-refractivity contribution in [3.05, 3.63) is 53.6 Å². The van der Waals surface area contributed by atoms with Crippen molar-refractivity contribution in [2.45, 2.75) is 39.5 Å². The Balaban J connectivity index is 1.49. The molecular weight excluding hydrogens is 378 g/mol. The van der Waals surface area contributed by atoms with Crippen molar-refractivity contribution >= 4 is 34.8 Å². The van der Waals surface area contributed by atoms with Gasteiger partial charge in [-0.15, -0.1) is 0 Å². The van der Waals surface area contributed by atoms with Crippen molar-refractivity contribution in [3.63, 3.8) is 0 Å². The van der Waals surface area contributed by atoms with Crippen molar-refractivity contribution in [1.29, 1.82) is 0 Å². The maximum atomic E-state index is 12.9. The van der Waals surface area contributed by atoms with E-state index in [-0.39, 0.29) is 30.1 Å². The van der Waals surface area contributed by atoms with Crippen molar-refractivity contribution in [2.24, 2.45) is 5.92 Å². The average Bonchev–Trinajstić information content (AvgIpc) is 3.31. The van der Waals surface area contributed by atoms with Gasteiger partial charge in [0.05, 0.1) is 5.92 Å². The van der Waals surface area contributed by atoms with Gasteiger partial charge >= 0.3 is 0 Å².